The third kappa shape index (κ3) is 2.29. The minimum atomic E-state index is -0.818. The zero-order valence-electron chi connectivity index (χ0n) is 9.28. The summed E-state index contributed by atoms with van der Waals surface area (Å²) in [6.45, 7) is 5.58. The lowest BCUT2D eigenvalue weighted by Gasteiger charge is -2.23. The quantitative estimate of drug-likeness (QED) is 0.775. The maximum absolute atomic E-state index is 11.7. The molecule has 1 rings (SSSR count). The van der Waals surface area contributed by atoms with E-state index >= 15 is 0 Å². The molecule has 3 nitrogen and oxygen atoms in total. The van der Waals surface area contributed by atoms with Crippen LogP contribution in [0.3, 0.4) is 0 Å². The number of hydrogen-bond acceptors (Lipinski definition) is 3. The number of carbonyl (C=O) groups is 1. The summed E-state index contributed by atoms with van der Waals surface area (Å²) in [4.78, 5) is 11.7. The zero-order valence-corrected chi connectivity index (χ0v) is 9.28. The summed E-state index contributed by atoms with van der Waals surface area (Å²) in [5.41, 5.74) is -0.232. The van der Waals surface area contributed by atoms with Crippen LogP contribution in [0, 0.1) is 0 Å². The number of phenols is 1. The third-order valence-corrected chi connectivity index (χ3v) is 2.36. The van der Waals surface area contributed by atoms with Crippen LogP contribution in [-0.2, 0) is 14.9 Å². The topological polar surface area (TPSA) is 46.5 Å². The number of hydrogen-bond donors (Lipinski definition) is 1. The van der Waals surface area contributed by atoms with E-state index in [1.165, 1.54) is 0 Å². The first kappa shape index (κ1) is 11.6. The van der Waals surface area contributed by atoms with Crippen LogP contribution < -0.4 is 0 Å². The van der Waals surface area contributed by atoms with Crippen molar-refractivity contribution in [3.63, 3.8) is 0 Å². The summed E-state index contributed by atoms with van der Waals surface area (Å²) >= 11 is 0. The molecule has 0 fully saturated rings. The van der Waals surface area contributed by atoms with Crippen molar-refractivity contribution in [3.8, 4) is 5.75 Å². The number of ether oxygens (including phenoxy) is 1. The van der Waals surface area contributed by atoms with Crippen LogP contribution in [0.4, 0.5) is 0 Å². The van der Waals surface area contributed by atoms with Gasteiger partial charge in [-0.15, -0.1) is 0 Å². The lowest BCUT2D eigenvalue weighted by Crippen LogP contribution is -2.31. The van der Waals surface area contributed by atoms with Gasteiger partial charge in [0.1, 0.15) is 5.75 Å². The highest BCUT2D eigenvalue weighted by Gasteiger charge is 2.33. The Balaban J connectivity index is 3.05. The Kier molecular flexibility index (Phi) is 3.35. The fourth-order valence-electron chi connectivity index (χ4n) is 1.42. The van der Waals surface area contributed by atoms with Crippen molar-refractivity contribution in [2.75, 3.05) is 6.61 Å². The molecule has 0 aliphatic carbocycles. The molecule has 0 heterocycles. The lowest BCUT2D eigenvalue weighted by molar-refractivity contribution is -0.148. The fourth-order valence-corrected chi connectivity index (χ4v) is 1.42. The van der Waals surface area contributed by atoms with Crippen molar-refractivity contribution in [3.05, 3.63) is 29.8 Å². The van der Waals surface area contributed by atoms with Crippen LogP contribution in [-0.4, -0.2) is 17.7 Å². The summed E-state index contributed by atoms with van der Waals surface area (Å²) in [6.07, 6.45) is 0. The van der Waals surface area contributed by atoms with Crippen LogP contribution >= 0.6 is 0 Å². The van der Waals surface area contributed by atoms with Gasteiger partial charge in [-0.3, -0.25) is 4.79 Å². The van der Waals surface area contributed by atoms with Gasteiger partial charge in [0.05, 0.1) is 12.0 Å². The van der Waals surface area contributed by atoms with E-state index in [1.54, 1.807) is 45.0 Å². The normalized spacial score (nSPS) is 11.1. The van der Waals surface area contributed by atoms with Gasteiger partial charge < -0.3 is 9.84 Å². The highest BCUT2D eigenvalue weighted by atomic mass is 16.5. The Morgan fingerprint density at radius 3 is 2.53 bits per heavy atom. The molecule has 0 saturated carbocycles. The summed E-state index contributed by atoms with van der Waals surface area (Å²) in [7, 11) is 0. The number of phenolic OH excluding ortho intramolecular Hbond substituents is 1. The number of rotatable bonds is 3. The lowest BCUT2D eigenvalue weighted by atomic mass is 9.84. The number of para-hydroxylation sites is 1. The average molecular weight is 208 g/mol. The smallest absolute Gasteiger partial charge is 0.316 e. The molecule has 0 unspecified atom stereocenters. The molecule has 0 aliphatic rings. The second-order valence-electron chi connectivity index (χ2n) is 3.86. The Morgan fingerprint density at radius 2 is 2.00 bits per heavy atom. The molecule has 1 N–H and O–H groups in total. The standard InChI is InChI=1S/C12H16O3/c1-4-15-11(14)12(2,3)9-7-5-6-8-10(9)13/h5-8,13H,4H2,1-3H3. The van der Waals surface area contributed by atoms with E-state index < -0.39 is 5.41 Å². The van der Waals surface area contributed by atoms with Gasteiger partial charge in [-0.1, -0.05) is 18.2 Å². The maximum Gasteiger partial charge on any atom is 0.316 e. The van der Waals surface area contributed by atoms with Crippen LogP contribution in [0.15, 0.2) is 24.3 Å². The molecule has 0 radical (unpaired) electrons. The van der Waals surface area contributed by atoms with E-state index in [0.29, 0.717) is 12.2 Å². The second kappa shape index (κ2) is 4.34. The van der Waals surface area contributed by atoms with E-state index in [9.17, 15) is 9.90 Å². The monoisotopic (exact) mass is 208 g/mol. The van der Waals surface area contributed by atoms with Gasteiger partial charge in [0, 0.05) is 5.56 Å². The van der Waals surface area contributed by atoms with E-state index in [-0.39, 0.29) is 11.7 Å². The van der Waals surface area contributed by atoms with E-state index in [4.69, 9.17) is 4.74 Å². The van der Waals surface area contributed by atoms with Gasteiger partial charge >= 0.3 is 5.97 Å². The molecule has 1 aromatic carbocycles. The Hall–Kier alpha value is -1.51. The molecule has 0 amide bonds. The molecule has 0 aliphatic heterocycles. The van der Waals surface area contributed by atoms with Crippen molar-refractivity contribution < 1.29 is 14.6 Å². The van der Waals surface area contributed by atoms with Crippen molar-refractivity contribution >= 4 is 5.97 Å². The number of esters is 1. The Labute approximate surface area is 89.7 Å². The highest BCUT2D eigenvalue weighted by molar-refractivity contribution is 5.83. The van der Waals surface area contributed by atoms with Crippen LogP contribution in [0.2, 0.25) is 0 Å². The number of benzene rings is 1. The summed E-state index contributed by atoms with van der Waals surface area (Å²) in [5.74, 6) is -0.206. The molecule has 0 atom stereocenters. The number of aromatic hydroxyl groups is 1. The molecule has 0 aromatic heterocycles. The second-order valence-corrected chi connectivity index (χ2v) is 3.86. The third-order valence-electron chi connectivity index (χ3n) is 2.36. The minimum absolute atomic E-state index is 0.121. The molecular formula is C12H16O3. The highest BCUT2D eigenvalue weighted by Crippen LogP contribution is 2.31. The first-order valence-electron chi connectivity index (χ1n) is 4.95. The molecule has 82 valence electrons. The minimum Gasteiger partial charge on any atom is -0.508 e. The molecule has 0 spiro atoms. The van der Waals surface area contributed by atoms with E-state index in [2.05, 4.69) is 0 Å². The molecule has 0 bridgehead atoms. The van der Waals surface area contributed by atoms with Gasteiger partial charge in [0.2, 0.25) is 0 Å². The summed E-state index contributed by atoms with van der Waals surface area (Å²) < 4.78 is 4.97. The molecule has 0 saturated heterocycles. The van der Waals surface area contributed by atoms with Crippen LogP contribution in [0.5, 0.6) is 5.75 Å². The Bertz CT molecular complexity index is 356. The van der Waals surface area contributed by atoms with E-state index in [1.807, 2.05) is 0 Å². The number of carbonyl (C=O) groups excluding carboxylic acids is 1. The predicted octanol–water partition coefficient (Wildman–Crippen LogP) is 2.23. The predicted molar refractivity (Wildman–Crippen MR) is 57.8 cm³/mol. The first-order chi connectivity index (χ1) is 7.00. The van der Waals surface area contributed by atoms with Crippen LogP contribution in [0.1, 0.15) is 26.3 Å². The van der Waals surface area contributed by atoms with Crippen molar-refractivity contribution in [2.24, 2.45) is 0 Å². The maximum atomic E-state index is 11.7. The zero-order chi connectivity index (χ0) is 11.5. The van der Waals surface area contributed by atoms with Gasteiger partial charge in [0.15, 0.2) is 0 Å². The van der Waals surface area contributed by atoms with Gasteiger partial charge in [0.25, 0.3) is 0 Å². The summed E-state index contributed by atoms with van der Waals surface area (Å²) in [6, 6.07) is 6.80. The first-order valence-corrected chi connectivity index (χ1v) is 4.95. The van der Waals surface area contributed by atoms with Crippen molar-refractivity contribution in [1.29, 1.82) is 0 Å². The largest absolute Gasteiger partial charge is 0.508 e. The van der Waals surface area contributed by atoms with Gasteiger partial charge in [-0.05, 0) is 26.8 Å². The molecule has 1 aromatic rings. The van der Waals surface area contributed by atoms with Crippen LogP contribution in [0.25, 0.3) is 0 Å². The van der Waals surface area contributed by atoms with Gasteiger partial charge in [-0.2, -0.15) is 0 Å². The molecule has 3 heteroatoms. The molecule has 15 heavy (non-hydrogen) atoms. The SMILES string of the molecule is CCOC(=O)C(C)(C)c1ccccc1O. The Morgan fingerprint density at radius 1 is 1.40 bits per heavy atom. The fraction of sp³-hybridized carbons (Fsp3) is 0.417. The molecular weight excluding hydrogens is 192 g/mol. The van der Waals surface area contributed by atoms with E-state index in [0.717, 1.165) is 0 Å². The summed E-state index contributed by atoms with van der Waals surface area (Å²) in [5, 5.41) is 9.66. The van der Waals surface area contributed by atoms with Crippen molar-refractivity contribution in [2.45, 2.75) is 26.2 Å². The average Bonchev–Trinajstić information content (AvgIpc) is 2.18. The van der Waals surface area contributed by atoms with Crippen molar-refractivity contribution in [1.82, 2.24) is 0 Å². The van der Waals surface area contributed by atoms with Gasteiger partial charge in [-0.25, -0.2) is 0 Å².